The molecule has 0 amide bonds. The molecule has 0 saturated heterocycles. The van der Waals surface area contributed by atoms with Crippen LogP contribution in [0.1, 0.15) is 18.1 Å². The maximum atomic E-state index is 12.9. The molecule has 2 aromatic carbocycles. The third kappa shape index (κ3) is 6.25. The zero-order valence-electron chi connectivity index (χ0n) is 14.5. The standard InChI is InChI=1S/C21H16FNO4/c1-2-26-21(25)17(14-23)12-16-4-3-5-19(13-16)27-20(24)11-8-15-6-9-18(22)10-7-15/h3-13H,2H2,1H3/b11-8+,17-12+. The van der Waals surface area contributed by atoms with Crippen LogP contribution < -0.4 is 4.74 Å². The molecule has 5 nitrogen and oxygen atoms in total. The molecule has 0 aliphatic heterocycles. The summed E-state index contributed by atoms with van der Waals surface area (Å²) in [5.74, 6) is -1.45. The van der Waals surface area contributed by atoms with Crippen LogP contribution in [0, 0.1) is 17.1 Å². The van der Waals surface area contributed by atoms with E-state index in [0.29, 0.717) is 11.1 Å². The van der Waals surface area contributed by atoms with E-state index in [2.05, 4.69) is 0 Å². The minimum atomic E-state index is -0.718. The lowest BCUT2D eigenvalue weighted by Crippen LogP contribution is -2.06. The van der Waals surface area contributed by atoms with Crippen molar-refractivity contribution in [2.24, 2.45) is 0 Å². The van der Waals surface area contributed by atoms with Gasteiger partial charge in [0.1, 0.15) is 23.2 Å². The number of carbonyl (C=O) groups excluding carboxylic acids is 2. The number of carbonyl (C=O) groups is 2. The van der Waals surface area contributed by atoms with Crippen molar-refractivity contribution in [2.45, 2.75) is 6.92 Å². The molecule has 0 aliphatic rings. The summed E-state index contributed by atoms with van der Waals surface area (Å²) >= 11 is 0. The fraction of sp³-hybridized carbons (Fsp3) is 0.0952. The molecule has 0 aliphatic carbocycles. The topological polar surface area (TPSA) is 76.4 Å². The first-order chi connectivity index (χ1) is 13.0. The number of nitrogens with zero attached hydrogens (tertiary/aromatic N) is 1. The highest BCUT2D eigenvalue weighted by molar-refractivity contribution is 5.98. The number of ether oxygens (including phenoxy) is 2. The summed E-state index contributed by atoms with van der Waals surface area (Å²) in [6, 6.07) is 13.8. The number of nitriles is 1. The number of rotatable bonds is 6. The molecule has 0 bridgehead atoms. The van der Waals surface area contributed by atoms with Gasteiger partial charge in [0.25, 0.3) is 0 Å². The Morgan fingerprint density at radius 3 is 2.56 bits per heavy atom. The molecule has 0 heterocycles. The zero-order chi connectivity index (χ0) is 19.6. The SMILES string of the molecule is CCOC(=O)/C(C#N)=C/c1cccc(OC(=O)/C=C/c2ccc(F)cc2)c1. The van der Waals surface area contributed by atoms with Crippen LogP contribution in [-0.2, 0) is 14.3 Å². The first-order valence-electron chi connectivity index (χ1n) is 8.06. The average Bonchev–Trinajstić information content (AvgIpc) is 2.66. The Labute approximate surface area is 156 Å². The van der Waals surface area contributed by atoms with Crippen LogP contribution in [0.2, 0.25) is 0 Å². The largest absolute Gasteiger partial charge is 0.462 e. The van der Waals surface area contributed by atoms with E-state index in [1.165, 1.54) is 48.6 Å². The Morgan fingerprint density at radius 2 is 1.89 bits per heavy atom. The zero-order valence-corrected chi connectivity index (χ0v) is 14.5. The summed E-state index contributed by atoms with van der Waals surface area (Å²) in [6.07, 6.45) is 4.07. The molecule has 0 N–H and O–H groups in total. The molecule has 2 rings (SSSR count). The van der Waals surface area contributed by atoms with Gasteiger partial charge in [-0.15, -0.1) is 0 Å². The Bertz CT molecular complexity index is 924. The number of esters is 2. The molecule has 0 aromatic heterocycles. The van der Waals surface area contributed by atoms with E-state index in [-0.39, 0.29) is 23.7 Å². The molecule has 27 heavy (non-hydrogen) atoms. The van der Waals surface area contributed by atoms with Gasteiger partial charge in [0.15, 0.2) is 0 Å². The number of hydrogen-bond acceptors (Lipinski definition) is 5. The summed E-state index contributed by atoms with van der Waals surface area (Å²) in [4.78, 5) is 23.6. The predicted octanol–water partition coefficient (Wildman–Crippen LogP) is 3.91. The maximum Gasteiger partial charge on any atom is 0.348 e. The molecule has 0 saturated carbocycles. The van der Waals surface area contributed by atoms with Crippen molar-refractivity contribution >= 4 is 24.1 Å². The molecule has 0 radical (unpaired) electrons. The number of benzene rings is 2. The van der Waals surface area contributed by atoms with Crippen molar-refractivity contribution in [1.29, 1.82) is 5.26 Å². The van der Waals surface area contributed by atoms with Crippen LogP contribution in [0.3, 0.4) is 0 Å². The van der Waals surface area contributed by atoms with Gasteiger partial charge < -0.3 is 9.47 Å². The summed E-state index contributed by atoms with van der Waals surface area (Å²) in [5.41, 5.74) is 1.00. The van der Waals surface area contributed by atoms with E-state index < -0.39 is 11.9 Å². The van der Waals surface area contributed by atoms with Crippen molar-refractivity contribution in [3.05, 3.63) is 77.1 Å². The van der Waals surface area contributed by atoms with Crippen molar-refractivity contribution in [1.82, 2.24) is 0 Å². The lowest BCUT2D eigenvalue weighted by Gasteiger charge is -2.03. The van der Waals surface area contributed by atoms with Gasteiger partial charge in [0.2, 0.25) is 0 Å². The normalized spacial score (nSPS) is 11.1. The van der Waals surface area contributed by atoms with Crippen LogP contribution in [0.4, 0.5) is 4.39 Å². The third-order valence-electron chi connectivity index (χ3n) is 3.29. The van der Waals surface area contributed by atoms with E-state index >= 15 is 0 Å². The molecule has 136 valence electrons. The summed E-state index contributed by atoms with van der Waals surface area (Å²) < 4.78 is 22.8. The van der Waals surface area contributed by atoms with E-state index in [9.17, 15) is 14.0 Å². The molecular weight excluding hydrogens is 349 g/mol. The van der Waals surface area contributed by atoms with Crippen LogP contribution in [0.25, 0.3) is 12.2 Å². The van der Waals surface area contributed by atoms with Crippen LogP contribution in [0.5, 0.6) is 5.75 Å². The smallest absolute Gasteiger partial charge is 0.348 e. The van der Waals surface area contributed by atoms with Crippen molar-refractivity contribution in [3.8, 4) is 11.8 Å². The summed E-state index contributed by atoms with van der Waals surface area (Å²) in [6.45, 7) is 1.81. The van der Waals surface area contributed by atoms with Gasteiger partial charge in [-0.05, 0) is 54.5 Å². The van der Waals surface area contributed by atoms with Gasteiger partial charge in [-0.3, -0.25) is 0 Å². The number of halogens is 1. The maximum absolute atomic E-state index is 12.9. The van der Waals surface area contributed by atoms with Gasteiger partial charge in [0, 0.05) is 6.08 Å². The van der Waals surface area contributed by atoms with Gasteiger partial charge in [-0.1, -0.05) is 24.3 Å². The fourth-order valence-electron chi connectivity index (χ4n) is 2.07. The Balaban J connectivity index is 2.08. The third-order valence-corrected chi connectivity index (χ3v) is 3.29. The first-order valence-corrected chi connectivity index (χ1v) is 8.06. The molecule has 2 aromatic rings. The monoisotopic (exact) mass is 365 g/mol. The van der Waals surface area contributed by atoms with Crippen LogP contribution >= 0.6 is 0 Å². The minimum absolute atomic E-state index is 0.156. The highest BCUT2D eigenvalue weighted by Crippen LogP contribution is 2.17. The lowest BCUT2D eigenvalue weighted by atomic mass is 10.1. The second kappa shape index (κ2) is 9.68. The molecular formula is C21H16FNO4. The summed E-state index contributed by atoms with van der Waals surface area (Å²) in [5, 5.41) is 9.06. The van der Waals surface area contributed by atoms with Crippen molar-refractivity contribution in [2.75, 3.05) is 6.61 Å². The molecule has 0 atom stereocenters. The Kier molecular flexibility index (Phi) is 7.03. The van der Waals surface area contributed by atoms with Gasteiger partial charge in [-0.2, -0.15) is 5.26 Å². The Hall–Kier alpha value is -3.72. The molecule has 0 unspecified atom stereocenters. The number of hydrogen-bond donors (Lipinski definition) is 0. The molecule has 0 fully saturated rings. The van der Waals surface area contributed by atoms with Crippen LogP contribution in [0.15, 0.2) is 60.2 Å². The average molecular weight is 365 g/mol. The van der Waals surface area contributed by atoms with Gasteiger partial charge >= 0.3 is 11.9 Å². The van der Waals surface area contributed by atoms with Gasteiger partial charge in [0.05, 0.1) is 6.61 Å². The molecule has 0 spiro atoms. The highest BCUT2D eigenvalue weighted by atomic mass is 19.1. The quantitative estimate of drug-likeness (QED) is 0.336. The van der Waals surface area contributed by atoms with E-state index in [1.54, 1.807) is 31.2 Å². The predicted molar refractivity (Wildman–Crippen MR) is 97.7 cm³/mol. The van der Waals surface area contributed by atoms with E-state index in [0.717, 1.165) is 0 Å². The second-order valence-electron chi connectivity index (χ2n) is 5.27. The fourth-order valence-corrected chi connectivity index (χ4v) is 2.07. The second-order valence-corrected chi connectivity index (χ2v) is 5.27. The molecule has 6 heteroatoms. The minimum Gasteiger partial charge on any atom is -0.462 e. The Morgan fingerprint density at radius 1 is 1.15 bits per heavy atom. The van der Waals surface area contributed by atoms with Gasteiger partial charge in [-0.25, -0.2) is 14.0 Å². The van der Waals surface area contributed by atoms with Crippen molar-refractivity contribution in [3.63, 3.8) is 0 Å². The lowest BCUT2D eigenvalue weighted by molar-refractivity contribution is -0.138. The van der Waals surface area contributed by atoms with E-state index in [4.69, 9.17) is 14.7 Å². The highest BCUT2D eigenvalue weighted by Gasteiger charge is 2.10. The van der Waals surface area contributed by atoms with Crippen molar-refractivity contribution < 1.29 is 23.5 Å². The van der Waals surface area contributed by atoms with E-state index in [1.807, 2.05) is 0 Å². The van der Waals surface area contributed by atoms with Crippen LogP contribution in [-0.4, -0.2) is 18.5 Å². The summed E-state index contributed by atoms with van der Waals surface area (Å²) in [7, 11) is 0. The first kappa shape index (κ1) is 19.6.